The molecule has 0 saturated carbocycles. The minimum Gasteiger partial charge on any atom is -0.353 e. The van der Waals surface area contributed by atoms with E-state index in [0.29, 0.717) is 12.5 Å². The van der Waals surface area contributed by atoms with Crippen LogP contribution < -0.4 is 15.1 Å². The van der Waals surface area contributed by atoms with Crippen LogP contribution in [-0.2, 0) is 6.42 Å². The van der Waals surface area contributed by atoms with Crippen molar-refractivity contribution in [3.05, 3.63) is 60.3 Å². The minimum atomic E-state index is -0.226. The molecule has 1 saturated heterocycles. The number of hydrogen-bond acceptors (Lipinski definition) is 8. The summed E-state index contributed by atoms with van der Waals surface area (Å²) >= 11 is 0. The first-order valence-corrected chi connectivity index (χ1v) is 9.23. The molecule has 1 N–H and O–H groups in total. The van der Waals surface area contributed by atoms with Gasteiger partial charge in [0.25, 0.3) is 0 Å². The van der Waals surface area contributed by atoms with Gasteiger partial charge in [-0.3, -0.25) is 0 Å². The van der Waals surface area contributed by atoms with Gasteiger partial charge in [-0.2, -0.15) is 10.1 Å². The SMILES string of the molecule is Fc1ccc(CCNc2nncc(N3CCN(c4ncccn4)CC3)n2)cc1. The third-order valence-corrected chi connectivity index (χ3v) is 4.59. The Morgan fingerprint density at radius 2 is 1.68 bits per heavy atom. The number of nitrogens with one attached hydrogen (secondary N) is 1. The van der Waals surface area contributed by atoms with Crippen LogP contribution in [0.1, 0.15) is 5.56 Å². The molecular weight excluding hydrogens is 359 g/mol. The Hall–Kier alpha value is -3.36. The minimum absolute atomic E-state index is 0.226. The van der Waals surface area contributed by atoms with Crippen molar-refractivity contribution in [3.63, 3.8) is 0 Å². The molecule has 0 atom stereocenters. The quantitative estimate of drug-likeness (QED) is 0.693. The van der Waals surface area contributed by atoms with Gasteiger partial charge in [-0.05, 0) is 30.2 Å². The number of hydrogen-bond donors (Lipinski definition) is 1. The molecular formula is C19H21FN8. The van der Waals surface area contributed by atoms with Crippen LogP contribution in [0.5, 0.6) is 0 Å². The fraction of sp³-hybridized carbons (Fsp3) is 0.316. The van der Waals surface area contributed by atoms with Gasteiger partial charge >= 0.3 is 0 Å². The predicted octanol–water partition coefficient (Wildman–Crippen LogP) is 1.78. The topological polar surface area (TPSA) is 83.0 Å². The van der Waals surface area contributed by atoms with E-state index in [1.165, 1.54) is 12.1 Å². The Morgan fingerprint density at radius 3 is 2.43 bits per heavy atom. The molecule has 0 bridgehead atoms. The summed E-state index contributed by atoms with van der Waals surface area (Å²) in [5.41, 5.74) is 1.05. The van der Waals surface area contributed by atoms with Crippen molar-refractivity contribution >= 4 is 17.7 Å². The van der Waals surface area contributed by atoms with Gasteiger partial charge in [-0.25, -0.2) is 14.4 Å². The van der Waals surface area contributed by atoms with E-state index in [1.54, 1.807) is 30.7 Å². The second-order valence-electron chi connectivity index (χ2n) is 6.46. The first-order valence-electron chi connectivity index (χ1n) is 9.23. The number of piperazine rings is 1. The largest absolute Gasteiger partial charge is 0.353 e. The molecule has 3 aromatic rings. The summed E-state index contributed by atoms with van der Waals surface area (Å²) < 4.78 is 13.0. The van der Waals surface area contributed by atoms with Gasteiger partial charge in [0, 0.05) is 45.1 Å². The lowest BCUT2D eigenvalue weighted by atomic mass is 10.1. The average Bonchev–Trinajstić information content (AvgIpc) is 2.76. The Morgan fingerprint density at radius 1 is 0.964 bits per heavy atom. The van der Waals surface area contributed by atoms with E-state index in [2.05, 4.69) is 40.3 Å². The summed E-state index contributed by atoms with van der Waals surface area (Å²) in [7, 11) is 0. The summed E-state index contributed by atoms with van der Waals surface area (Å²) in [6.45, 7) is 3.91. The van der Waals surface area contributed by atoms with Crippen LogP contribution in [0.2, 0.25) is 0 Å². The van der Waals surface area contributed by atoms with Crippen LogP contribution >= 0.6 is 0 Å². The Balaban J connectivity index is 1.31. The van der Waals surface area contributed by atoms with Crippen molar-refractivity contribution in [2.75, 3.05) is 47.8 Å². The molecule has 0 unspecified atom stereocenters. The summed E-state index contributed by atoms with van der Waals surface area (Å²) in [6.07, 6.45) is 5.95. The normalized spacial score (nSPS) is 14.2. The lowest BCUT2D eigenvalue weighted by Gasteiger charge is -2.35. The summed E-state index contributed by atoms with van der Waals surface area (Å²) in [6, 6.07) is 8.31. The number of rotatable bonds is 6. The number of halogens is 1. The molecule has 1 fully saturated rings. The molecule has 2 aromatic heterocycles. The maximum Gasteiger partial charge on any atom is 0.244 e. The Kier molecular flexibility index (Phi) is 5.51. The Bertz CT molecular complexity index is 882. The number of anilines is 3. The van der Waals surface area contributed by atoms with Crippen LogP contribution in [0.3, 0.4) is 0 Å². The standard InChI is InChI=1S/C19H21FN8/c20-16-4-2-15(3-5-16)6-9-21-18-25-17(14-24-26-18)27-10-12-28(13-11-27)19-22-7-1-8-23-19/h1-5,7-8,14H,6,9-13H2,(H,21,25,26). The number of aromatic nitrogens is 5. The molecule has 4 rings (SSSR count). The molecule has 8 nitrogen and oxygen atoms in total. The van der Waals surface area contributed by atoms with Crippen molar-refractivity contribution in [2.24, 2.45) is 0 Å². The molecule has 1 aliphatic heterocycles. The molecule has 1 aromatic carbocycles. The van der Waals surface area contributed by atoms with Crippen molar-refractivity contribution in [1.82, 2.24) is 25.1 Å². The lowest BCUT2D eigenvalue weighted by molar-refractivity contribution is 0.627. The number of benzene rings is 1. The van der Waals surface area contributed by atoms with E-state index < -0.39 is 0 Å². The van der Waals surface area contributed by atoms with E-state index >= 15 is 0 Å². The van der Waals surface area contributed by atoms with Gasteiger partial charge in [-0.15, -0.1) is 5.10 Å². The van der Waals surface area contributed by atoms with E-state index in [-0.39, 0.29) is 5.82 Å². The average molecular weight is 380 g/mol. The van der Waals surface area contributed by atoms with Gasteiger partial charge in [0.15, 0.2) is 5.82 Å². The van der Waals surface area contributed by atoms with Gasteiger partial charge in [0.05, 0.1) is 6.20 Å². The maximum absolute atomic E-state index is 13.0. The second kappa shape index (κ2) is 8.55. The van der Waals surface area contributed by atoms with Gasteiger partial charge < -0.3 is 15.1 Å². The van der Waals surface area contributed by atoms with Crippen molar-refractivity contribution in [1.29, 1.82) is 0 Å². The fourth-order valence-electron chi connectivity index (χ4n) is 3.08. The highest BCUT2D eigenvalue weighted by Crippen LogP contribution is 2.16. The highest BCUT2D eigenvalue weighted by molar-refractivity contribution is 5.43. The Labute approximate surface area is 162 Å². The zero-order valence-electron chi connectivity index (χ0n) is 15.4. The predicted molar refractivity (Wildman–Crippen MR) is 105 cm³/mol. The van der Waals surface area contributed by atoms with Crippen LogP contribution in [0.15, 0.2) is 48.9 Å². The van der Waals surface area contributed by atoms with Gasteiger partial charge in [0.1, 0.15) is 5.82 Å². The molecule has 144 valence electrons. The molecule has 0 spiro atoms. The first-order chi connectivity index (χ1) is 13.8. The van der Waals surface area contributed by atoms with Gasteiger partial charge in [0.2, 0.25) is 11.9 Å². The van der Waals surface area contributed by atoms with Crippen LogP contribution in [0, 0.1) is 5.82 Å². The van der Waals surface area contributed by atoms with E-state index in [9.17, 15) is 4.39 Å². The van der Waals surface area contributed by atoms with E-state index in [0.717, 1.165) is 49.9 Å². The summed E-state index contributed by atoms with van der Waals surface area (Å²) in [4.78, 5) is 17.5. The van der Waals surface area contributed by atoms with Crippen LogP contribution in [-0.4, -0.2) is 57.9 Å². The fourth-order valence-corrected chi connectivity index (χ4v) is 3.08. The van der Waals surface area contributed by atoms with E-state index in [4.69, 9.17) is 0 Å². The summed E-state index contributed by atoms with van der Waals surface area (Å²) in [5, 5.41) is 11.3. The third-order valence-electron chi connectivity index (χ3n) is 4.59. The van der Waals surface area contributed by atoms with E-state index in [1.807, 2.05) is 6.07 Å². The summed E-state index contributed by atoms with van der Waals surface area (Å²) in [5.74, 6) is 1.82. The number of nitrogens with zero attached hydrogens (tertiary/aromatic N) is 7. The lowest BCUT2D eigenvalue weighted by Crippen LogP contribution is -2.47. The van der Waals surface area contributed by atoms with Crippen molar-refractivity contribution in [3.8, 4) is 0 Å². The smallest absolute Gasteiger partial charge is 0.244 e. The molecule has 9 heteroatoms. The molecule has 28 heavy (non-hydrogen) atoms. The molecule has 1 aliphatic rings. The zero-order valence-corrected chi connectivity index (χ0v) is 15.4. The van der Waals surface area contributed by atoms with Crippen molar-refractivity contribution < 1.29 is 4.39 Å². The van der Waals surface area contributed by atoms with Crippen LogP contribution in [0.25, 0.3) is 0 Å². The second-order valence-corrected chi connectivity index (χ2v) is 6.46. The highest BCUT2D eigenvalue weighted by Gasteiger charge is 2.20. The maximum atomic E-state index is 13.0. The molecule has 0 amide bonds. The highest BCUT2D eigenvalue weighted by atomic mass is 19.1. The van der Waals surface area contributed by atoms with Gasteiger partial charge in [-0.1, -0.05) is 12.1 Å². The molecule has 3 heterocycles. The first kappa shape index (κ1) is 18.0. The zero-order chi connectivity index (χ0) is 19.2. The molecule has 0 aliphatic carbocycles. The monoisotopic (exact) mass is 380 g/mol. The van der Waals surface area contributed by atoms with Crippen molar-refractivity contribution in [2.45, 2.75) is 6.42 Å². The molecule has 0 radical (unpaired) electrons. The third kappa shape index (κ3) is 4.48. The van der Waals surface area contributed by atoms with Crippen LogP contribution in [0.4, 0.5) is 22.1 Å².